The molecule has 0 heterocycles. The van der Waals surface area contributed by atoms with Gasteiger partial charge in [-0.05, 0) is 49.6 Å². The average molecular weight is 341 g/mol. The zero-order chi connectivity index (χ0) is 17.9. The van der Waals surface area contributed by atoms with Crippen LogP contribution in [0.3, 0.4) is 0 Å². The molecule has 0 bridgehead atoms. The van der Waals surface area contributed by atoms with Crippen molar-refractivity contribution in [2.75, 3.05) is 25.1 Å². The van der Waals surface area contributed by atoms with E-state index in [-0.39, 0.29) is 0 Å². The second-order valence-electron chi connectivity index (χ2n) is 6.48. The first-order valence-electron chi connectivity index (χ1n) is 9.36. The van der Waals surface area contributed by atoms with E-state index in [2.05, 4.69) is 56.4 Å². The standard InChI is InChI=1S/C22H31NO2/c1-4-5-6-7-14-24-21-10-8-9-20(17-21)23-13-15-25-22-16-18(2)11-12-19(22)3/h8-12,16-17,23H,4-7,13-15H2,1-3H3. The minimum absolute atomic E-state index is 0.631. The van der Waals surface area contributed by atoms with Crippen LogP contribution in [0.5, 0.6) is 11.5 Å². The first-order valence-corrected chi connectivity index (χ1v) is 9.36. The molecular weight excluding hydrogens is 310 g/mol. The molecule has 0 unspecified atom stereocenters. The van der Waals surface area contributed by atoms with Crippen LogP contribution in [0.15, 0.2) is 42.5 Å². The number of rotatable bonds is 11. The first-order chi connectivity index (χ1) is 12.2. The van der Waals surface area contributed by atoms with Gasteiger partial charge in [-0.15, -0.1) is 0 Å². The van der Waals surface area contributed by atoms with Crippen molar-refractivity contribution in [3.63, 3.8) is 0 Å². The molecule has 0 aliphatic heterocycles. The summed E-state index contributed by atoms with van der Waals surface area (Å²) in [5.41, 5.74) is 3.46. The van der Waals surface area contributed by atoms with E-state index in [0.717, 1.165) is 36.8 Å². The first kappa shape index (κ1) is 19.2. The number of anilines is 1. The molecule has 0 saturated heterocycles. The Morgan fingerprint density at radius 2 is 1.76 bits per heavy atom. The van der Waals surface area contributed by atoms with E-state index >= 15 is 0 Å². The number of nitrogens with one attached hydrogen (secondary N) is 1. The highest BCUT2D eigenvalue weighted by atomic mass is 16.5. The second-order valence-corrected chi connectivity index (χ2v) is 6.48. The van der Waals surface area contributed by atoms with E-state index in [1.165, 1.54) is 30.4 Å². The van der Waals surface area contributed by atoms with Crippen LogP contribution >= 0.6 is 0 Å². The maximum atomic E-state index is 5.88. The number of hydrogen-bond donors (Lipinski definition) is 1. The number of ether oxygens (including phenoxy) is 2. The van der Waals surface area contributed by atoms with Crippen LogP contribution in [0.1, 0.15) is 43.7 Å². The summed E-state index contributed by atoms with van der Waals surface area (Å²) in [6.45, 7) is 8.56. The summed E-state index contributed by atoms with van der Waals surface area (Å²) >= 11 is 0. The van der Waals surface area contributed by atoms with Crippen LogP contribution < -0.4 is 14.8 Å². The van der Waals surface area contributed by atoms with E-state index in [9.17, 15) is 0 Å². The van der Waals surface area contributed by atoms with Gasteiger partial charge in [0.2, 0.25) is 0 Å². The quantitative estimate of drug-likeness (QED) is 0.528. The molecule has 0 aliphatic rings. The summed E-state index contributed by atoms with van der Waals surface area (Å²) in [6.07, 6.45) is 4.90. The summed E-state index contributed by atoms with van der Waals surface area (Å²) < 4.78 is 11.7. The third-order valence-corrected chi connectivity index (χ3v) is 4.13. The molecule has 2 aromatic rings. The summed E-state index contributed by atoms with van der Waals surface area (Å²) in [5.74, 6) is 1.89. The van der Waals surface area contributed by atoms with E-state index in [0.29, 0.717) is 6.61 Å². The van der Waals surface area contributed by atoms with Crippen molar-refractivity contribution in [3.8, 4) is 11.5 Å². The van der Waals surface area contributed by atoms with Crippen molar-refractivity contribution in [3.05, 3.63) is 53.6 Å². The SMILES string of the molecule is CCCCCCOc1cccc(NCCOc2cc(C)ccc2C)c1. The highest BCUT2D eigenvalue weighted by molar-refractivity contribution is 5.48. The van der Waals surface area contributed by atoms with Gasteiger partial charge in [0.15, 0.2) is 0 Å². The van der Waals surface area contributed by atoms with Crippen LogP contribution in [0, 0.1) is 13.8 Å². The highest BCUT2D eigenvalue weighted by Gasteiger charge is 2.01. The molecule has 2 aromatic carbocycles. The van der Waals surface area contributed by atoms with Gasteiger partial charge in [0, 0.05) is 18.3 Å². The number of hydrogen-bond acceptors (Lipinski definition) is 3. The number of benzene rings is 2. The van der Waals surface area contributed by atoms with Gasteiger partial charge >= 0.3 is 0 Å². The Bertz CT molecular complexity index is 640. The third-order valence-electron chi connectivity index (χ3n) is 4.13. The Morgan fingerprint density at radius 3 is 2.60 bits per heavy atom. The van der Waals surface area contributed by atoms with Gasteiger partial charge in [-0.1, -0.05) is 44.4 Å². The van der Waals surface area contributed by atoms with Crippen molar-refractivity contribution < 1.29 is 9.47 Å². The van der Waals surface area contributed by atoms with Gasteiger partial charge in [0.05, 0.1) is 6.61 Å². The molecule has 2 rings (SSSR count). The Balaban J connectivity index is 1.71. The average Bonchev–Trinajstić information content (AvgIpc) is 2.62. The normalized spacial score (nSPS) is 10.5. The number of unbranched alkanes of at least 4 members (excludes halogenated alkanes) is 3. The molecule has 0 amide bonds. The highest BCUT2D eigenvalue weighted by Crippen LogP contribution is 2.20. The Labute approximate surface area is 152 Å². The number of aryl methyl sites for hydroxylation is 2. The van der Waals surface area contributed by atoms with Crippen molar-refractivity contribution in [1.29, 1.82) is 0 Å². The summed E-state index contributed by atoms with van der Waals surface area (Å²) in [4.78, 5) is 0. The fraction of sp³-hybridized carbons (Fsp3) is 0.455. The van der Waals surface area contributed by atoms with Crippen LogP contribution in [-0.4, -0.2) is 19.8 Å². The molecule has 0 aliphatic carbocycles. The summed E-state index contributed by atoms with van der Waals surface area (Å²) in [5, 5.41) is 3.40. The zero-order valence-electron chi connectivity index (χ0n) is 15.8. The lowest BCUT2D eigenvalue weighted by molar-refractivity contribution is 0.305. The molecule has 0 spiro atoms. The molecule has 1 N–H and O–H groups in total. The molecule has 0 aromatic heterocycles. The van der Waals surface area contributed by atoms with Crippen molar-refractivity contribution in [1.82, 2.24) is 0 Å². The molecule has 0 atom stereocenters. The largest absolute Gasteiger partial charge is 0.494 e. The Kier molecular flexibility index (Phi) is 8.17. The fourth-order valence-electron chi connectivity index (χ4n) is 2.63. The van der Waals surface area contributed by atoms with Crippen molar-refractivity contribution in [2.45, 2.75) is 46.5 Å². The van der Waals surface area contributed by atoms with Crippen molar-refractivity contribution in [2.24, 2.45) is 0 Å². The Morgan fingerprint density at radius 1 is 0.880 bits per heavy atom. The van der Waals surface area contributed by atoms with Crippen LogP contribution in [-0.2, 0) is 0 Å². The molecule has 0 fully saturated rings. The third kappa shape index (κ3) is 7.08. The molecule has 0 saturated carbocycles. The minimum Gasteiger partial charge on any atom is -0.494 e. The van der Waals surface area contributed by atoms with Gasteiger partial charge in [0.25, 0.3) is 0 Å². The Hall–Kier alpha value is -2.16. The molecule has 25 heavy (non-hydrogen) atoms. The monoisotopic (exact) mass is 341 g/mol. The van der Waals surface area contributed by atoms with Gasteiger partial charge in [-0.3, -0.25) is 0 Å². The van der Waals surface area contributed by atoms with Crippen molar-refractivity contribution >= 4 is 5.69 Å². The predicted molar refractivity (Wildman–Crippen MR) is 106 cm³/mol. The van der Waals surface area contributed by atoms with Gasteiger partial charge < -0.3 is 14.8 Å². The molecule has 0 radical (unpaired) electrons. The van der Waals surface area contributed by atoms with Gasteiger partial charge in [-0.2, -0.15) is 0 Å². The maximum Gasteiger partial charge on any atom is 0.122 e. The smallest absolute Gasteiger partial charge is 0.122 e. The molecule has 3 nitrogen and oxygen atoms in total. The zero-order valence-corrected chi connectivity index (χ0v) is 15.8. The van der Waals surface area contributed by atoms with E-state index < -0.39 is 0 Å². The minimum atomic E-state index is 0.631. The van der Waals surface area contributed by atoms with Crippen LogP contribution in [0.4, 0.5) is 5.69 Å². The summed E-state index contributed by atoms with van der Waals surface area (Å²) in [6, 6.07) is 14.4. The van der Waals surface area contributed by atoms with Crippen LogP contribution in [0.25, 0.3) is 0 Å². The lowest BCUT2D eigenvalue weighted by Gasteiger charge is -2.12. The maximum absolute atomic E-state index is 5.88. The van der Waals surface area contributed by atoms with E-state index in [1.807, 2.05) is 12.1 Å². The van der Waals surface area contributed by atoms with E-state index in [4.69, 9.17) is 9.47 Å². The molecule has 3 heteroatoms. The molecule has 136 valence electrons. The lowest BCUT2D eigenvalue weighted by atomic mass is 10.1. The summed E-state index contributed by atoms with van der Waals surface area (Å²) in [7, 11) is 0. The van der Waals surface area contributed by atoms with Crippen LogP contribution in [0.2, 0.25) is 0 Å². The predicted octanol–water partition coefficient (Wildman–Crippen LogP) is 5.75. The van der Waals surface area contributed by atoms with E-state index in [1.54, 1.807) is 0 Å². The second kappa shape index (κ2) is 10.7. The van der Waals surface area contributed by atoms with Gasteiger partial charge in [0.1, 0.15) is 18.1 Å². The lowest BCUT2D eigenvalue weighted by Crippen LogP contribution is -2.12. The van der Waals surface area contributed by atoms with Gasteiger partial charge in [-0.25, -0.2) is 0 Å². The fourth-order valence-corrected chi connectivity index (χ4v) is 2.63. The topological polar surface area (TPSA) is 30.5 Å². The molecular formula is C22H31NO2.